The first-order chi connectivity index (χ1) is 24.2. The number of hydrogen-bond donors (Lipinski definition) is 2. The number of anilines is 1. The fourth-order valence-corrected chi connectivity index (χ4v) is 9.61. The van der Waals surface area contributed by atoms with Crippen LogP contribution in [0.4, 0.5) is 19.0 Å². The maximum atomic E-state index is 13.1. The summed E-state index contributed by atoms with van der Waals surface area (Å²) in [6, 6.07) is 9.74. The molecule has 5 heterocycles. The number of fused-ring (bicyclic) bond motifs is 2. The van der Waals surface area contributed by atoms with Gasteiger partial charge in [0.05, 0.1) is 30.7 Å². The molecule has 1 unspecified atom stereocenters. The van der Waals surface area contributed by atoms with E-state index in [0.29, 0.717) is 60.2 Å². The van der Waals surface area contributed by atoms with E-state index in [2.05, 4.69) is 57.1 Å². The molecule has 2 atom stereocenters. The van der Waals surface area contributed by atoms with E-state index in [0.717, 1.165) is 60.3 Å². The molecular weight excluding hydrogens is 702 g/mol. The molecule has 0 radical (unpaired) electrons. The molecule has 2 fully saturated rings. The Morgan fingerprint density at radius 3 is 2.53 bits per heavy atom. The van der Waals surface area contributed by atoms with Gasteiger partial charge in [-0.2, -0.15) is 22.7 Å². The minimum Gasteiger partial charge on any atom is -0.395 e. The van der Waals surface area contributed by atoms with Crippen molar-refractivity contribution in [3.05, 3.63) is 51.8 Å². The highest BCUT2D eigenvalue weighted by Gasteiger charge is 2.34. The Labute approximate surface area is 300 Å². The van der Waals surface area contributed by atoms with Crippen molar-refractivity contribution >= 4 is 48.3 Å². The van der Waals surface area contributed by atoms with Crippen molar-refractivity contribution in [3.63, 3.8) is 0 Å². The van der Waals surface area contributed by atoms with Crippen LogP contribution in [-0.2, 0) is 36.0 Å². The van der Waals surface area contributed by atoms with Crippen molar-refractivity contribution in [3.8, 4) is 6.07 Å². The van der Waals surface area contributed by atoms with Gasteiger partial charge in [-0.1, -0.05) is 13.0 Å². The van der Waals surface area contributed by atoms with Crippen LogP contribution in [0.3, 0.4) is 0 Å². The maximum Gasteiger partial charge on any atom is 0.393 e. The van der Waals surface area contributed by atoms with E-state index in [1.54, 1.807) is 6.07 Å². The normalized spacial score (nSPS) is 19.5. The van der Waals surface area contributed by atoms with E-state index in [1.165, 1.54) is 16.1 Å². The summed E-state index contributed by atoms with van der Waals surface area (Å²) in [4.78, 5) is 14.5. The van der Waals surface area contributed by atoms with Crippen molar-refractivity contribution in [1.29, 1.82) is 5.26 Å². The second kappa shape index (κ2) is 15.0. The highest BCUT2D eigenvalue weighted by molar-refractivity contribution is 7.88. The molecule has 3 aromatic heterocycles. The monoisotopic (exact) mass is 746 g/mol. The lowest BCUT2D eigenvalue weighted by Gasteiger charge is -2.42. The van der Waals surface area contributed by atoms with Crippen LogP contribution < -0.4 is 5.32 Å². The lowest BCUT2D eigenvalue weighted by atomic mass is 10.0. The van der Waals surface area contributed by atoms with Crippen molar-refractivity contribution in [1.82, 2.24) is 28.6 Å². The summed E-state index contributed by atoms with van der Waals surface area (Å²) in [6.45, 7) is 10.1. The molecule has 0 spiro atoms. The number of alkyl halides is 3. The van der Waals surface area contributed by atoms with Crippen LogP contribution in [-0.4, -0.2) is 112 Å². The van der Waals surface area contributed by atoms with E-state index in [-0.39, 0.29) is 23.6 Å². The van der Waals surface area contributed by atoms with Crippen LogP contribution in [0, 0.1) is 18.3 Å². The Morgan fingerprint density at radius 2 is 1.88 bits per heavy atom. The average Bonchev–Trinajstić information content (AvgIpc) is 3.65. The van der Waals surface area contributed by atoms with Crippen LogP contribution >= 0.6 is 11.3 Å². The summed E-state index contributed by atoms with van der Waals surface area (Å²) in [5, 5.41) is 25.2. The number of nitrogens with one attached hydrogen (secondary N) is 1. The number of aliphatic hydroxyl groups excluding tert-OH is 1. The van der Waals surface area contributed by atoms with E-state index >= 15 is 0 Å². The molecule has 16 heteroatoms. The number of hydrogen-bond acceptors (Lipinski definition) is 10. The highest BCUT2D eigenvalue weighted by Crippen LogP contribution is 2.34. The Hall–Kier alpha value is -3.33. The SMILES string of the molecule is CCc1nc(NC2CCN(Cc3ccc4c(cc(C#N)n4C[C@H](C)N4CCN(S(C)(=O)=O)C(CO)C4)c3C)CC2)c2cc(CC(F)(F)F)sc2n1. The van der Waals surface area contributed by atoms with Gasteiger partial charge in [-0.15, -0.1) is 11.3 Å². The number of thiophene rings is 1. The molecule has 276 valence electrons. The van der Waals surface area contributed by atoms with Crippen LogP contribution in [0.1, 0.15) is 54.2 Å². The number of aryl methyl sites for hydroxylation is 2. The molecule has 2 saturated heterocycles. The lowest BCUT2D eigenvalue weighted by Crippen LogP contribution is -2.58. The fraction of sp³-hybridized carbons (Fsp3) is 0.571. The topological polar surface area (TPSA) is 131 Å². The van der Waals surface area contributed by atoms with Gasteiger partial charge in [0.15, 0.2) is 0 Å². The first-order valence-electron chi connectivity index (χ1n) is 17.4. The molecule has 2 aliphatic rings. The summed E-state index contributed by atoms with van der Waals surface area (Å²) in [6.07, 6.45) is -1.78. The number of rotatable bonds is 11. The van der Waals surface area contributed by atoms with Crippen LogP contribution in [0.15, 0.2) is 24.3 Å². The second-order valence-electron chi connectivity index (χ2n) is 13.8. The zero-order valence-corrected chi connectivity index (χ0v) is 31.0. The van der Waals surface area contributed by atoms with Gasteiger partial charge in [0.1, 0.15) is 28.2 Å². The van der Waals surface area contributed by atoms with Crippen LogP contribution in [0.25, 0.3) is 21.1 Å². The molecule has 0 bridgehead atoms. The highest BCUT2D eigenvalue weighted by atomic mass is 32.2. The zero-order chi connectivity index (χ0) is 36.7. The quantitative estimate of drug-likeness (QED) is 0.220. The number of piperazine rings is 1. The van der Waals surface area contributed by atoms with Crippen molar-refractivity contribution in [2.45, 2.75) is 83.8 Å². The largest absolute Gasteiger partial charge is 0.395 e. The summed E-state index contributed by atoms with van der Waals surface area (Å²) in [5.41, 5.74) is 3.86. The van der Waals surface area contributed by atoms with Crippen molar-refractivity contribution in [2.24, 2.45) is 0 Å². The number of halogens is 3. The van der Waals surface area contributed by atoms with Gasteiger partial charge in [0.2, 0.25) is 10.0 Å². The number of likely N-dealkylation sites (tertiary alicyclic amines) is 1. The molecular formula is C35H45F3N8O3S2. The molecule has 6 rings (SSSR count). The molecule has 0 saturated carbocycles. The maximum absolute atomic E-state index is 13.1. The summed E-state index contributed by atoms with van der Waals surface area (Å²) in [5.74, 6) is 1.22. The first kappa shape index (κ1) is 37.4. The van der Waals surface area contributed by atoms with Gasteiger partial charge in [-0.25, -0.2) is 18.4 Å². The van der Waals surface area contributed by atoms with E-state index in [4.69, 9.17) is 0 Å². The van der Waals surface area contributed by atoms with Crippen LogP contribution in [0.5, 0.6) is 0 Å². The molecule has 4 aromatic rings. The van der Waals surface area contributed by atoms with Crippen LogP contribution in [0.2, 0.25) is 0 Å². The minimum atomic E-state index is -4.28. The first-order valence-corrected chi connectivity index (χ1v) is 20.0. The van der Waals surface area contributed by atoms with Gasteiger partial charge < -0.3 is 15.0 Å². The molecule has 1 aromatic carbocycles. The van der Waals surface area contributed by atoms with E-state index in [9.17, 15) is 32.0 Å². The van der Waals surface area contributed by atoms with Gasteiger partial charge >= 0.3 is 6.18 Å². The summed E-state index contributed by atoms with van der Waals surface area (Å²) in [7, 11) is -3.42. The summed E-state index contributed by atoms with van der Waals surface area (Å²) < 4.78 is 67.1. The Morgan fingerprint density at radius 1 is 1.14 bits per heavy atom. The van der Waals surface area contributed by atoms with Gasteiger partial charge in [-0.05, 0) is 56.0 Å². The number of aliphatic hydroxyl groups is 1. The number of aromatic nitrogens is 3. The van der Waals surface area contributed by atoms with E-state index < -0.39 is 28.7 Å². The number of nitriles is 1. The number of nitrogens with zero attached hydrogens (tertiary/aromatic N) is 7. The molecule has 11 nitrogen and oxygen atoms in total. The van der Waals surface area contributed by atoms with Gasteiger partial charge in [-0.3, -0.25) is 9.80 Å². The molecule has 2 aliphatic heterocycles. The second-order valence-corrected chi connectivity index (χ2v) is 16.9. The van der Waals surface area contributed by atoms with Gasteiger partial charge in [0, 0.05) is 80.1 Å². The predicted octanol–water partition coefficient (Wildman–Crippen LogP) is 4.90. The number of piperidine rings is 1. The zero-order valence-electron chi connectivity index (χ0n) is 29.4. The fourth-order valence-electron chi connectivity index (χ4n) is 7.45. The lowest BCUT2D eigenvalue weighted by molar-refractivity contribution is -0.126. The third-order valence-electron chi connectivity index (χ3n) is 10.3. The molecule has 2 N–H and O–H groups in total. The third kappa shape index (κ3) is 8.34. The van der Waals surface area contributed by atoms with Crippen molar-refractivity contribution in [2.75, 3.05) is 50.9 Å². The summed E-state index contributed by atoms with van der Waals surface area (Å²) >= 11 is 1.08. The van der Waals surface area contributed by atoms with Gasteiger partial charge in [0.25, 0.3) is 0 Å². The Bertz CT molecular complexity index is 2030. The van der Waals surface area contributed by atoms with E-state index in [1.807, 2.05) is 17.6 Å². The molecule has 0 aliphatic carbocycles. The van der Waals surface area contributed by atoms with Crippen molar-refractivity contribution < 1.29 is 26.7 Å². The minimum absolute atomic E-state index is 0.00651. The third-order valence-corrected chi connectivity index (χ3v) is 12.6. The number of sulfonamides is 1. The molecule has 0 amide bonds. The number of benzene rings is 1. The predicted molar refractivity (Wildman–Crippen MR) is 193 cm³/mol. The standard InChI is InChI=1S/C35H45F3N8O3S2/c1-5-32-41-33(30-15-28(16-35(36,37)38)50-34(30)42-32)40-25-8-10-43(11-9-25)19-24-6-7-31-29(23(24)3)14-26(17-39)45(31)18-22(2)44-12-13-46(51(4,48)49)27(20-44)21-47/h6-7,14-15,22,25,27,47H,5,8-13,16,18-21H2,1-4H3,(H,40,41,42)/t22-,27?/m0/s1. The molecule has 51 heavy (non-hydrogen) atoms. The average molecular weight is 747 g/mol. The smallest absolute Gasteiger partial charge is 0.393 e. The Kier molecular flexibility index (Phi) is 11.0. The Balaban J connectivity index is 1.11.